The summed E-state index contributed by atoms with van der Waals surface area (Å²) in [5, 5.41) is 2.88. The third-order valence-corrected chi connectivity index (χ3v) is 27.2. The molecule has 0 saturated heterocycles. The van der Waals surface area contributed by atoms with Gasteiger partial charge in [0.1, 0.15) is 126 Å². The summed E-state index contributed by atoms with van der Waals surface area (Å²) in [6.45, 7) is 0. The van der Waals surface area contributed by atoms with Gasteiger partial charge in [0.2, 0.25) is 0 Å². The van der Waals surface area contributed by atoms with Crippen LogP contribution in [-0.2, 0) is 91.8 Å². The molecule has 0 unspecified atom stereocenters. The normalized spacial score (nSPS) is 11.4. The standard InChI is InChI=1S/2C25H24N4.4C10H8O6S2.9H2O/c2*26-21-9-1-17(2-10-21)25(18-3-11-22(27)12-4-18,19-5-13-23(28)14-6-19)20-7-15-24(29)16-8-20;4*11-17(12,13)9-3-1-7-5-10(18(14,15)16)4-2-8(7)6-9;;;;;;;;;/h2*1-16H,26-29H2;4*1-6H,(H,11,12,13)(H,14,15,16);9*1H2. The molecule has 42 N–H and O–H groups in total. The van der Waals surface area contributed by atoms with E-state index in [1.54, 1.807) is 0 Å². The SMILES string of the molecule is O.O.O.O.O.O.O.O.O.O=S(=O)([O-])c1ccc2cc(S(=O)(=O)[O-])ccc2c1.O=S(=O)([O-])c1ccc2cc(S(=O)(=O)[O-])ccc2c1.O=S(=O)([O-])c1ccc2cc(S(=O)(=O)[O-])ccc2c1.O=S(=O)([O-])c1ccc2cc(S(=O)(=O)[O-])ccc2c1.[NH3+]c1ccc(C(c2ccc([NH3+])cc2)(c2ccc([NH3+])cc2)c2ccc([NH3+])cc2)cc1.[NH3+]c1ccc(C(c2ccc([NH3+])cc2)(c2ccc([NH3+])cc2)c2ccc([NH3+])cc2)cc1. The van der Waals surface area contributed by atoms with E-state index in [2.05, 4.69) is 240 Å². The highest BCUT2D eigenvalue weighted by Crippen LogP contribution is 2.48. The predicted molar refractivity (Wildman–Crippen MR) is 502 cm³/mol. The summed E-state index contributed by atoms with van der Waals surface area (Å²) >= 11 is 0. The zero-order valence-corrected chi connectivity index (χ0v) is 79.1. The van der Waals surface area contributed by atoms with Crippen molar-refractivity contribution < 1.29 is 199 Å². The Hall–Kier alpha value is -12.8. The maximum Gasteiger partial charge on any atom is 0.127 e. The Morgan fingerprint density at radius 2 is 0.216 bits per heavy atom. The smallest absolute Gasteiger partial charge is 0.127 e. The van der Waals surface area contributed by atoms with Crippen LogP contribution >= 0.6 is 0 Å². The Morgan fingerprint density at radius 3 is 0.288 bits per heavy atom. The Bertz CT molecular complexity index is 6550. The Labute approximate surface area is 797 Å². The molecular formula is C90H98N8O33S8. The van der Waals surface area contributed by atoms with Crippen molar-refractivity contribution in [2.75, 3.05) is 0 Å². The fourth-order valence-corrected chi connectivity index (χ4v) is 18.1. The number of hydrogen-bond donors (Lipinski definition) is 8. The highest BCUT2D eigenvalue weighted by molar-refractivity contribution is 7.87. The quantitative estimate of drug-likeness (QED) is 0.0395. The number of rotatable bonds is 16. The molecule has 16 rings (SSSR count). The maximum atomic E-state index is 10.8. The largest absolute Gasteiger partial charge is 0.744 e. The van der Waals surface area contributed by atoms with Gasteiger partial charge in [-0.15, -0.1) is 0 Å². The predicted octanol–water partition coefficient (Wildman–Crippen LogP) is -1.70. The van der Waals surface area contributed by atoms with E-state index in [1.165, 1.54) is 93.0 Å². The van der Waals surface area contributed by atoms with Crippen LogP contribution in [0.3, 0.4) is 0 Å². The van der Waals surface area contributed by atoms with Crippen LogP contribution in [0.1, 0.15) is 44.5 Å². The van der Waals surface area contributed by atoms with Crippen molar-refractivity contribution in [1.82, 2.24) is 0 Å². The first-order chi connectivity index (χ1) is 60.7. The average molecular weight is 2080 g/mol. The molecule has 744 valence electrons. The van der Waals surface area contributed by atoms with Crippen molar-refractivity contribution >= 4 is 170 Å². The molecule has 0 spiro atoms. The Kier molecular flexibility index (Phi) is 42.8. The molecule has 0 bridgehead atoms. The lowest BCUT2D eigenvalue weighted by Gasteiger charge is -2.36. The lowest BCUT2D eigenvalue weighted by atomic mass is 9.65. The van der Waals surface area contributed by atoms with Gasteiger partial charge >= 0.3 is 0 Å². The van der Waals surface area contributed by atoms with Gasteiger partial charge in [0, 0.05) is 0 Å². The highest BCUT2D eigenvalue weighted by atomic mass is 32.2. The molecule has 41 nitrogen and oxygen atoms in total. The van der Waals surface area contributed by atoms with Gasteiger partial charge in [-0.3, -0.25) is 0 Å². The third kappa shape index (κ3) is 30.1. The van der Waals surface area contributed by atoms with E-state index in [1.807, 2.05) is 0 Å². The van der Waals surface area contributed by atoms with Crippen molar-refractivity contribution in [3.05, 3.63) is 384 Å². The molecule has 0 aliphatic rings. The van der Waals surface area contributed by atoms with Crippen molar-refractivity contribution in [3.8, 4) is 0 Å². The summed E-state index contributed by atoms with van der Waals surface area (Å²) in [5.41, 5.74) is 49.1. The summed E-state index contributed by atoms with van der Waals surface area (Å²) in [5.74, 6) is 0. The lowest BCUT2D eigenvalue weighted by molar-refractivity contribution is -0.255. The van der Waals surface area contributed by atoms with Crippen LogP contribution in [-0.4, -0.2) is 153 Å². The van der Waals surface area contributed by atoms with Crippen molar-refractivity contribution in [3.63, 3.8) is 0 Å². The maximum absolute atomic E-state index is 10.8. The minimum atomic E-state index is -4.56. The van der Waals surface area contributed by atoms with E-state index in [0.29, 0.717) is 43.1 Å². The van der Waals surface area contributed by atoms with E-state index in [-0.39, 0.29) is 49.3 Å². The van der Waals surface area contributed by atoms with Crippen LogP contribution < -0.4 is 45.9 Å². The van der Waals surface area contributed by atoms with Crippen LogP contribution in [0.15, 0.2) is 379 Å². The molecule has 49 heteroatoms. The molecule has 0 aliphatic carbocycles. The van der Waals surface area contributed by atoms with Crippen LogP contribution in [0.5, 0.6) is 0 Å². The minimum Gasteiger partial charge on any atom is -0.744 e. The lowest BCUT2D eigenvalue weighted by Crippen LogP contribution is -2.41. The molecule has 0 fully saturated rings. The fourth-order valence-electron chi connectivity index (χ4n) is 14.1. The monoisotopic (exact) mass is 2070 g/mol. The number of benzene rings is 16. The summed E-state index contributed by atoms with van der Waals surface area (Å²) in [4.78, 5) is -3.28. The number of hydrogen-bond acceptors (Lipinski definition) is 24. The van der Waals surface area contributed by atoms with E-state index in [9.17, 15) is 104 Å². The van der Waals surface area contributed by atoms with Crippen molar-refractivity contribution in [2.24, 2.45) is 0 Å². The second-order valence-electron chi connectivity index (χ2n) is 29.4. The van der Waals surface area contributed by atoms with Crippen LogP contribution in [0.2, 0.25) is 0 Å². The van der Waals surface area contributed by atoms with Crippen molar-refractivity contribution in [2.45, 2.75) is 50.0 Å². The molecule has 0 aromatic heterocycles. The zero-order valence-electron chi connectivity index (χ0n) is 72.6. The third-order valence-electron chi connectivity index (χ3n) is 20.5. The first kappa shape index (κ1) is 122. The Balaban J connectivity index is 0.000000565. The van der Waals surface area contributed by atoms with E-state index in [0.717, 1.165) is 143 Å². The van der Waals surface area contributed by atoms with Gasteiger partial charge < -0.3 is 132 Å². The fraction of sp³-hybridized carbons (Fsp3) is 0.0222. The number of fused-ring (bicyclic) bond motifs is 4. The van der Waals surface area contributed by atoms with Gasteiger partial charge in [0.25, 0.3) is 0 Å². The molecule has 0 radical (unpaired) electrons. The second-order valence-corrected chi connectivity index (χ2v) is 40.4. The second kappa shape index (κ2) is 48.6. The summed E-state index contributed by atoms with van der Waals surface area (Å²) in [7, 11) is -36.5. The zero-order chi connectivity index (χ0) is 95.1. The summed E-state index contributed by atoms with van der Waals surface area (Å²) < 4.78 is 259. The van der Waals surface area contributed by atoms with Crippen LogP contribution in [0, 0.1) is 0 Å². The van der Waals surface area contributed by atoms with Gasteiger partial charge in [-0.25, -0.2) is 67.3 Å². The highest BCUT2D eigenvalue weighted by Gasteiger charge is 2.41. The summed E-state index contributed by atoms with van der Waals surface area (Å²) in [6, 6.07) is 95.7. The molecule has 0 aliphatic heterocycles. The molecule has 0 heterocycles. The van der Waals surface area contributed by atoms with Gasteiger partial charge in [-0.05, 0) is 282 Å². The summed E-state index contributed by atoms with van der Waals surface area (Å²) in [6.07, 6.45) is 0. The minimum absolute atomic E-state index is 0. The Morgan fingerprint density at radius 1 is 0.137 bits per heavy atom. The van der Waals surface area contributed by atoms with E-state index >= 15 is 0 Å². The van der Waals surface area contributed by atoms with Crippen LogP contribution in [0.25, 0.3) is 43.1 Å². The van der Waals surface area contributed by atoms with Gasteiger partial charge in [0.05, 0.1) is 50.0 Å². The molecule has 139 heavy (non-hydrogen) atoms. The van der Waals surface area contributed by atoms with Gasteiger partial charge in [0.15, 0.2) is 0 Å². The topological polar surface area (TPSA) is 962 Å². The molecule has 16 aromatic rings. The van der Waals surface area contributed by atoms with Gasteiger partial charge in [-0.2, -0.15) is 0 Å². The van der Waals surface area contributed by atoms with E-state index in [4.69, 9.17) is 0 Å². The first-order valence-electron chi connectivity index (χ1n) is 37.9. The van der Waals surface area contributed by atoms with Crippen molar-refractivity contribution in [1.29, 1.82) is 0 Å². The van der Waals surface area contributed by atoms with E-state index < -0.39 is 131 Å². The average Bonchev–Trinajstić information content (AvgIpc) is 0.734. The molecule has 0 saturated carbocycles. The number of quaternary nitrogens is 8. The van der Waals surface area contributed by atoms with Gasteiger partial charge in [-0.1, -0.05) is 146 Å². The molecule has 0 atom stereocenters. The molecular weight excluding hydrogens is 1980 g/mol. The molecule has 0 amide bonds. The molecule has 16 aromatic carbocycles. The first-order valence-corrected chi connectivity index (χ1v) is 49.2. The van der Waals surface area contributed by atoms with Crippen LogP contribution in [0.4, 0.5) is 45.5 Å².